The predicted octanol–water partition coefficient (Wildman–Crippen LogP) is 2.59. The molecule has 0 aromatic heterocycles. The van der Waals surface area contributed by atoms with E-state index in [0.29, 0.717) is 5.92 Å². The van der Waals surface area contributed by atoms with Crippen LogP contribution in [0.4, 0.5) is 0 Å². The van der Waals surface area contributed by atoms with Crippen LogP contribution in [0.15, 0.2) is 16.6 Å². The Bertz CT molecular complexity index is 495. The normalized spacial score (nSPS) is 21.1. The van der Waals surface area contributed by atoms with Crippen molar-refractivity contribution in [2.24, 2.45) is 5.92 Å². The standard InChI is InChI=1S/C15H20BrNO2/c1-10(2)15(18)8-17(9-15)7-12-6-13(16)5-11-3-4-19-14(11)12/h5-6,10,18H,3-4,7-9H2,1-2H3. The molecule has 2 heterocycles. The zero-order valence-corrected chi connectivity index (χ0v) is 13.0. The minimum Gasteiger partial charge on any atom is -0.493 e. The Morgan fingerprint density at radius 3 is 2.84 bits per heavy atom. The van der Waals surface area contributed by atoms with Gasteiger partial charge < -0.3 is 9.84 Å². The molecular weight excluding hydrogens is 306 g/mol. The zero-order chi connectivity index (χ0) is 13.6. The lowest BCUT2D eigenvalue weighted by Crippen LogP contribution is -2.63. The molecule has 3 rings (SSSR count). The fourth-order valence-electron chi connectivity index (χ4n) is 2.91. The first-order valence-corrected chi connectivity index (χ1v) is 7.66. The van der Waals surface area contributed by atoms with Gasteiger partial charge in [0.05, 0.1) is 12.2 Å². The summed E-state index contributed by atoms with van der Waals surface area (Å²) in [6.45, 7) is 7.32. The van der Waals surface area contributed by atoms with E-state index in [-0.39, 0.29) is 0 Å². The van der Waals surface area contributed by atoms with E-state index < -0.39 is 5.60 Å². The minimum atomic E-state index is -0.504. The van der Waals surface area contributed by atoms with Crippen molar-refractivity contribution in [2.45, 2.75) is 32.4 Å². The molecule has 3 nitrogen and oxygen atoms in total. The van der Waals surface area contributed by atoms with Gasteiger partial charge in [0.15, 0.2) is 0 Å². The molecule has 0 radical (unpaired) electrons. The summed E-state index contributed by atoms with van der Waals surface area (Å²) in [5.41, 5.74) is 2.02. The highest BCUT2D eigenvalue weighted by Gasteiger charge is 2.43. The van der Waals surface area contributed by atoms with Gasteiger partial charge in [-0.1, -0.05) is 29.8 Å². The molecule has 0 bridgehead atoms. The largest absolute Gasteiger partial charge is 0.493 e. The number of hydrogen-bond donors (Lipinski definition) is 1. The van der Waals surface area contributed by atoms with Crippen molar-refractivity contribution in [2.75, 3.05) is 19.7 Å². The maximum Gasteiger partial charge on any atom is 0.127 e. The Hall–Kier alpha value is -0.580. The minimum absolute atomic E-state index is 0.313. The SMILES string of the molecule is CC(C)C1(O)CN(Cc2cc(Br)cc3c2OCC3)C1. The first-order chi connectivity index (χ1) is 8.98. The van der Waals surface area contributed by atoms with Crippen LogP contribution in [0.3, 0.4) is 0 Å². The van der Waals surface area contributed by atoms with Crippen molar-refractivity contribution in [3.8, 4) is 5.75 Å². The molecule has 0 saturated carbocycles. The highest BCUT2D eigenvalue weighted by Crippen LogP contribution is 2.36. The summed E-state index contributed by atoms with van der Waals surface area (Å²) in [6.07, 6.45) is 0.998. The molecule has 2 aliphatic rings. The molecule has 1 aromatic carbocycles. The number of likely N-dealkylation sites (tertiary alicyclic amines) is 1. The van der Waals surface area contributed by atoms with Crippen LogP contribution in [-0.2, 0) is 13.0 Å². The molecular formula is C15H20BrNO2. The van der Waals surface area contributed by atoms with Gasteiger partial charge in [0, 0.05) is 36.1 Å². The summed E-state index contributed by atoms with van der Waals surface area (Å²) in [5, 5.41) is 10.3. The van der Waals surface area contributed by atoms with Gasteiger partial charge in [0.2, 0.25) is 0 Å². The lowest BCUT2D eigenvalue weighted by Gasteiger charge is -2.49. The average Bonchev–Trinajstić information content (AvgIpc) is 2.74. The third kappa shape index (κ3) is 2.41. The number of hydrogen-bond acceptors (Lipinski definition) is 3. The molecule has 0 aliphatic carbocycles. The van der Waals surface area contributed by atoms with E-state index in [1.54, 1.807) is 0 Å². The zero-order valence-electron chi connectivity index (χ0n) is 11.4. The van der Waals surface area contributed by atoms with E-state index >= 15 is 0 Å². The van der Waals surface area contributed by atoms with Crippen molar-refractivity contribution >= 4 is 15.9 Å². The molecule has 1 fully saturated rings. The van der Waals surface area contributed by atoms with Gasteiger partial charge in [-0.2, -0.15) is 0 Å². The lowest BCUT2D eigenvalue weighted by atomic mass is 9.83. The Labute approximate surface area is 122 Å². The smallest absolute Gasteiger partial charge is 0.127 e. The summed E-state index contributed by atoms with van der Waals surface area (Å²) in [4.78, 5) is 2.28. The van der Waals surface area contributed by atoms with Gasteiger partial charge in [-0.05, 0) is 23.6 Å². The van der Waals surface area contributed by atoms with Crippen LogP contribution in [-0.4, -0.2) is 35.3 Å². The monoisotopic (exact) mass is 325 g/mol. The Balaban J connectivity index is 1.72. The van der Waals surface area contributed by atoms with Gasteiger partial charge in [0.25, 0.3) is 0 Å². The second-order valence-electron chi connectivity index (χ2n) is 6.06. The quantitative estimate of drug-likeness (QED) is 0.927. The Kier molecular flexibility index (Phi) is 3.36. The third-order valence-electron chi connectivity index (χ3n) is 4.29. The molecule has 4 heteroatoms. The van der Waals surface area contributed by atoms with Crippen molar-refractivity contribution in [1.29, 1.82) is 0 Å². The summed E-state index contributed by atoms with van der Waals surface area (Å²) in [5.74, 6) is 1.37. The van der Waals surface area contributed by atoms with E-state index in [1.807, 2.05) is 0 Å². The third-order valence-corrected chi connectivity index (χ3v) is 4.75. The van der Waals surface area contributed by atoms with Gasteiger partial charge in [0.1, 0.15) is 5.75 Å². The second kappa shape index (κ2) is 4.76. The average molecular weight is 326 g/mol. The number of rotatable bonds is 3. The highest BCUT2D eigenvalue weighted by atomic mass is 79.9. The van der Waals surface area contributed by atoms with Crippen LogP contribution in [0, 0.1) is 5.92 Å². The van der Waals surface area contributed by atoms with E-state index in [0.717, 1.165) is 42.9 Å². The topological polar surface area (TPSA) is 32.7 Å². The summed E-state index contributed by atoms with van der Waals surface area (Å²) in [7, 11) is 0. The number of fused-ring (bicyclic) bond motifs is 1. The Morgan fingerprint density at radius 2 is 2.16 bits per heavy atom. The van der Waals surface area contributed by atoms with Crippen LogP contribution in [0.2, 0.25) is 0 Å². The first-order valence-electron chi connectivity index (χ1n) is 6.87. The van der Waals surface area contributed by atoms with Crippen LogP contribution in [0.25, 0.3) is 0 Å². The molecule has 0 spiro atoms. The lowest BCUT2D eigenvalue weighted by molar-refractivity contribution is -0.130. The molecule has 104 valence electrons. The van der Waals surface area contributed by atoms with Crippen LogP contribution in [0.5, 0.6) is 5.75 Å². The van der Waals surface area contributed by atoms with Crippen LogP contribution >= 0.6 is 15.9 Å². The summed E-state index contributed by atoms with van der Waals surface area (Å²) in [6, 6.07) is 4.28. The maximum atomic E-state index is 10.3. The van der Waals surface area contributed by atoms with E-state index in [1.165, 1.54) is 11.1 Å². The van der Waals surface area contributed by atoms with E-state index in [2.05, 4.69) is 46.8 Å². The van der Waals surface area contributed by atoms with E-state index in [4.69, 9.17) is 4.74 Å². The molecule has 1 aromatic rings. The van der Waals surface area contributed by atoms with Crippen LogP contribution < -0.4 is 4.74 Å². The molecule has 1 N–H and O–H groups in total. The van der Waals surface area contributed by atoms with Crippen molar-refractivity contribution in [3.05, 3.63) is 27.7 Å². The van der Waals surface area contributed by atoms with Crippen LogP contribution in [0.1, 0.15) is 25.0 Å². The summed E-state index contributed by atoms with van der Waals surface area (Å²) >= 11 is 3.57. The van der Waals surface area contributed by atoms with Crippen molar-refractivity contribution in [1.82, 2.24) is 4.90 Å². The summed E-state index contributed by atoms with van der Waals surface area (Å²) < 4.78 is 6.86. The predicted molar refractivity (Wildman–Crippen MR) is 78.4 cm³/mol. The van der Waals surface area contributed by atoms with Crippen molar-refractivity contribution < 1.29 is 9.84 Å². The molecule has 19 heavy (non-hydrogen) atoms. The molecule has 0 amide bonds. The molecule has 0 unspecified atom stereocenters. The number of aliphatic hydroxyl groups is 1. The first kappa shape index (κ1) is 13.4. The number of nitrogens with zero attached hydrogens (tertiary/aromatic N) is 1. The number of halogens is 1. The molecule has 1 saturated heterocycles. The fourth-order valence-corrected chi connectivity index (χ4v) is 3.46. The number of benzene rings is 1. The second-order valence-corrected chi connectivity index (χ2v) is 6.97. The van der Waals surface area contributed by atoms with E-state index in [9.17, 15) is 5.11 Å². The van der Waals surface area contributed by atoms with Gasteiger partial charge in [-0.3, -0.25) is 4.90 Å². The fraction of sp³-hybridized carbons (Fsp3) is 0.600. The van der Waals surface area contributed by atoms with Gasteiger partial charge >= 0.3 is 0 Å². The highest BCUT2D eigenvalue weighted by molar-refractivity contribution is 9.10. The molecule has 0 atom stereocenters. The number of ether oxygens (including phenoxy) is 1. The van der Waals surface area contributed by atoms with Crippen molar-refractivity contribution in [3.63, 3.8) is 0 Å². The maximum absolute atomic E-state index is 10.3. The molecule has 2 aliphatic heterocycles. The van der Waals surface area contributed by atoms with Gasteiger partial charge in [-0.25, -0.2) is 0 Å². The number of β-amino-alcohol motifs (C(OH)–C–C–N with tert-alkyl or cyclic N) is 1. The van der Waals surface area contributed by atoms with Gasteiger partial charge in [-0.15, -0.1) is 0 Å². The Morgan fingerprint density at radius 1 is 1.42 bits per heavy atom.